The van der Waals surface area contributed by atoms with Gasteiger partial charge in [0.05, 0.1) is 6.04 Å². The minimum absolute atomic E-state index is 0.118. The molecule has 0 spiro atoms. The molecule has 0 radical (unpaired) electrons. The van der Waals surface area contributed by atoms with E-state index in [1.54, 1.807) is 6.92 Å². The van der Waals surface area contributed by atoms with E-state index in [4.69, 9.17) is 11.6 Å². The summed E-state index contributed by atoms with van der Waals surface area (Å²) in [6.07, 6.45) is 0.295. The van der Waals surface area contributed by atoms with Crippen LogP contribution < -0.4 is 5.32 Å². The molecule has 1 heterocycles. The summed E-state index contributed by atoms with van der Waals surface area (Å²) in [6.45, 7) is 1.77. The molecule has 1 atom stereocenters. The first-order chi connectivity index (χ1) is 6.24. The van der Waals surface area contributed by atoms with Crippen LogP contribution >= 0.6 is 11.6 Å². The van der Waals surface area contributed by atoms with Crippen LogP contribution in [0.5, 0.6) is 0 Å². The topological polar surface area (TPSA) is 83.6 Å². The fourth-order valence-corrected chi connectivity index (χ4v) is 0.989. The Morgan fingerprint density at radius 3 is 3.08 bits per heavy atom. The van der Waals surface area contributed by atoms with E-state index in [1.165, 1.54) is 0 Å². The first-order valence-electron chi connectivity index (χ1n) is 3.82. The molecule has 2 N–H and O–H groups in total. The number of aromatic amines is 1. The summed E-state index contributed by atoms with van der Waals surface area (Å²) in [7, 11) is 0. The van der Waals surface area contributed by atoms with Crippen molar-refractivity contribution >= 4 is 17.5 Å². The van der Waals surface area contributed by atoms with Gasteiger partial charge in [0.15, 0.2) is 5.82 Å². The third-order valence-electron chi connectivity index (χ3n) is 1.45. The molecule has 0 fully saturated rings. The summed E-state index contributed by atoms with van der Waals surface area (Å²) in [5.41, 5.74) is 0. The monoisotopic (exact) mass is 203 g/mol. The molecule has 7 heteroatoms. The molecule has 1 amide bonds. The number of hydrogen-bond donors (Lipinski definition) is 2. The van der Waals surface area contributed by atoms with E-state index in [9.17, 15) is 4.79 Å². The van der Waals surface area contributed by atoms with Crippen molar-refractivity contribution in [2.45, 2.75) is 19.4 Å². The van der Waals surface area contributed by atoms with Crippen LogP contribution in [-0.4, -0.2) is 32.4 Å². The summed E-state index contributed by atoms with van der Waals surface area (Å²) >= 11 is 5.39. The van der Waals surface area contributed by atoms with Crippen LogP contribution in [0.3, 0.4) is 0 Å². The number of H-pyrrole nitrogens is 1. The number of tetrazole rings is 1. The Morgan fingerprint density at radius 2 is 2.54 bits per heavy atom. The van der Waals surface area contributed by atoms with E-state index in [2.05, 4.69) is 25.9 Å². The number of halogens is 1. The Bertz CT molecular complexity index is 262. The third kappa shape index (κ3) is 2.98. The molecular weight excluding hydrogens is 194 g/mol. The van der Waals surface area contributed by atoms with Gasteiger partial charge in [0.2, 0.25) is 5.91 Å². The number of carbonyl (C=O) groups excluding carboxylic acids is 1. The number of aromatic nitrogens is 4. The molecule has 72 valence electrons. The van der Waals surface area contributed by atoms with Crippen molar-refractivity contribution in [2.24, 2.45) is 0 Å². The Balaban J connectivity index is 2.42. The first-order valence-corrected chi connectivity index (χ1v) is 4.36. The fraction of sp³-hybridized carbons (Fsp3) is 0.667. The molecule has 0 aliphatic rings. The standard InChI is InChI=1S/C6H10ClN5O/c1-4(6-9-11-12-10-6)8-5(13)2-3-7/h4H,2-3H2,1H3,(H,8,13)(H,9,10,11,12). The highest BCUT2D eigenvalue weighted by Crippen LogP contribution is 2.03. The van der Waals surface area contributed by atoms with Gasteiger partial charge in [-0.2, -0.15) is 5.21 Å². The normalized spacial score (nSPS) is 12.5. The van der Waals surface area contributed by atoms with Crippen LogP contribution in [0.2, 0.25) is 0 Å². The predicted molar refractivity (Wildman–Crippen MR) is 46.1 cm³/mol. The Morgan fingerprint density at radius 1 is 1.77 bits per heavy atom. The zero-order chi connectivity index (χ0) is 9.68. The Kier molecular flexibility index (Phi) is 3.63. The van der Waals surface area contributed by atoms with Gasteiger partial charge < -0.3 is 5.32 Å². The average Bonchev–Trinajstić information content (AvgIpc) is 2.55. The van der Waals surface area contributed by atoms with E-state index >= 15 is 0 Å². The number of rotatable bonds is 4. The molecule has 0 saturated heterocycles. The zero-order valence-electron chi connectivity index (χ0n) is 7.12. The number of nitrogens with one attached hydrogen (secondary N) is 2. The zero-order valence-corrected chi connectivity index (χ0v) is 7.88. The van der Waals surface area contributed by atoms with Gasteiger partial charge in [0.1, 0.15) is 0 Å². The maximum atomic E-state index is 11.1. The lowest BCUT2D eigenvalue weighted by Crippen LogP contribution is -2.27. The van der Waals surface area contributed by atoms with Crippen LogP contribution in [0.25, 0.3) is 0 Å². The van der Waals surface area contributed by atoms with Crippen molar-refractivity contribution in [2.75, 3.05) is 5.88 Å². The maximum Gasteiger partial charge on any atom is 0.221 e. The van der Waals surface area contributed by atoms with Crippen LogP contribution in [-0.2, 0) is 4.79 Å². The Labute approximate surface area is 80.0 Å². The van der Waals surface area contributed by atoms with Gasteiger partial charge in [-0.05, 0) is 6.92 Å². The number of amides is 1. The highest BCUT2D eigenvalue weighted by molar-refractivity contribution is 6.18. The first kappa shape index (κ1) is 9.91. The molecule has 0 aromatic carbocycles. The van der Waals surface area contributed by atoms with E-state index in [-0.39, 0.29) is 11.9 Å². The summed E-state index contributed by atoms with van der Waals surface area (Å²) in [6, 6.07) is -0.241. The molecule has 13 heavy (non-hydrogen) atoms. The lowest BCUT2D eigenvalue weighted by molar-refractivity contribution is -0.121. The second-order valence-corrected chi connectivity index (χ2v) is 2.88. The van der Waals surface area contributed by atoms with Gasteiger partial charge in [-0.3, -0.25) is 4.79 Å². The summed E-state index contributed by atoms with van der Waals surface area (Å²) in [5, 5.41) is 15.8. The predicted octanol–water partition coefficient (Wildman–Crippen LogP) is 0.00580. The molecule has 1 aromatic heterocycles. The fourth-order valence-electron chi connectivity index (χ4n) is 0.817. The molecule has 1 unspecified atom stereocenters. The quantitative estimate of drug-likeness (QED) is 0.675. The number of carbonyl (C=O) groups is 1. The number of alkyl halides is 1. The van der Waals surface area contributed by atoms with Gasteiger partial charge >= 0.3 is 0 Å². The van der Waals surface area contributed by atoms with Crippen molar-refractivity contribution in [3.63, 3.8) is 0 Å². The minimum atomic E-state index is -0.241. The smallest absolute Gasteiger partial charge is 0.221 e. The van der Waals surface area contributed by atoms with Gasteiger partial charge in [0, 0.05) is 12.3 Å². The minimum Gasteiger partial charge on any atom is -0.346 e. The van der Waals surface area contributed by atoms with Crippen LogP contribution in [0.1, 0.15) is 25.2 Å². The molecule has 0 aliphatic heterocycles. The SMILES string of the molecule is CC(NC(=O)CCCl)c1nn[nH]n1. The van der Waals surface area contributed by atoms with Crippen LogP contribution in [0, 0.1) is 0 Å². The molecule has 0 saturated carbocycles. The lowest BCUT2D eigenvalue weighted by atomic mass is 10.3. The second-order valence-electron chi connectivity index (χ2n) is 2.50. The van der Waals surface area contributed by atoms with Gasteiger partial charge in [-0.1, -0.05) is 5.21 Å². The van der Waals surface area contributed by atoms with E-state index < -0.39 is 0 Å². The van der Waals surface area contributed by atoms with Crippen molar-refractivity contribution in [1.82, 2.24) is 25.9 Å². The molecule has 1 rings (SSSR count). The molecule has 1 aromatic rings. The summed E-state index contributed by atoms with van der Waals surface area (Å²) < 4.78 is 0. The van der Waals surface area contributed by atoms with Crippen molar-refractivity contribution in [1.29, 1.82) is 0 Å². The van der Waals surface area contributed by atoms with Gasteiger partial charge in [0.25, 0.3) is 0 Å². The largest absolute Gasteiger partial charge is 0.346 e. The van der Waals surface area contributed by atoms with Gasteiger partial charge in [-0.25, -0.2) is 0 Å². The molecule has 0 bridgehead atoms. The highest BCUT2D eigenvalue weighted by atomic mass is 35.5. The molecular formula is C6H10ClN5O. The summed E-state index contributed by atoms with van der Waals surface area (Å²) in [4.78, 5) is 11.1. The van der Waals surface area contributed by atoms with Crippen molar-refractivity contribution in [3.05, 3.63) is 5.82 Å². The Hall–Kier alpha value is -1.17. The van der Waals surface area contributed by atoms with E-state index in [0.717, 1.165) is 0 Å². The summed E-state index contributed by atoms with van der Waals surface area (Å²) in [5.74, 6) is 0.653. The number of nitrogens with zero attached hydrogens (tertiary/aromatic N) is 3. The van der Waals surface area contributed by atoms with Gasteiger partial charge in [-0.15, -0.1) is 21.8 Å². The highest BCUT2D eigenvalue weighted by Gasteiger charge is 2.12. The van der Waals surface area contributed by atoms with Crippen molar-refractivity contribution in [3.8, 4) is 0 Å². The molecule has 0 aliphatic carbocycles. The number of hydrogen-bond acceptors (Lipinski definition) is 4. The van der Waals surface area contributed by atoms with Crippen molar-refractivity contribution < 1.29 is 4.79 Å². The average molecular weight is 204 g/mol. The lowest BCUT2D eigenvalue weighted by Gasteiger charge is -2.08. The van der Waals surface area contributed by atoms with E-state index in [1.807, 2.05) is 0 Å². The molecule has 6 nitrogen and oxygen atoms in total. The second kappa shape index (κ2) is 4.76. The van der Waals surface area contributed by atoms with Crippen LogP contribution in [0.15, 0.2) is 0 Å². The van der Waals surface area contributed by atoms with E-state index in [0.29, 0.717) is 18.1 Å². The third-order valence-corrected chi connectivity index (χ3v) is 1.64. The maximum absolute atomic E-state index is 11.1. The van der Waals surface area contributed by atoms with Crippen LogP contribution in [0.4, 0.5) is 0 Å².